The number of carbonyl (C=O) groups excluding carboxylic acids is 2. The Morgan fingerprint density at radius 3 is 2.22 bits per heavy atom. The molecule has 1 unspecified atom stereocenters. The summed E-state index contributed by atoms with van der Waals surface area (Å²) in [6, 6.07) is 4.93. The van der Waals surface area contributed by atoms with Gasteiger partial charge >= 0.3 is 19.3 Å². The maximum atomic E-state index is 12.5. The van der Waals surface area contributed by atoms with Gasteiger partial charge in [-0.1, -0.05) is 0 Å². The molecular formula is C18H27BN2O6. The van der Waals surface area contributed by atoms with Crippen molar-refractivity contribution in [1.29, 1.82) is 0 Å². The first-order chi connectivity index (χ1) is 12.3. The summed E-state index contributed by atoms with van der Waals surface area (Å²) >= 11 is 0. The molecule has 0 spiro atoms. The largest absolute Gasteiger partial charge is 0.476 e. The first-order valence-corrected chi connectivity index (χ1v) is 8.78. The van der Waals surface area contributed by atoms with Crippen LogP contribution in [-0.4, -0.2) is 46.5 Å². The molecule has 0 bridgehead atoms. The van der Waals surface area contributed by atoms with Crippen LogP contribution in [0.25, 0.3) is 0 Å². The van der Waals surface area contributed by atoms with Gasteiger partial charge < -0.3 is 19.5 Å². The molecule has 0 aliphatic carbocycles. The van der Waals surface area contributed by atoms with Crippen LogP contribution in [0.2, 0.25) is 0 Å². The highest BCUT2D eigenvalue weighted by Crippen LogP contribution is 2.36. The first kappa shape index (κ1) is 21.0. The number of nitrogens with zero attached hydrogens (tertiary/aromatic N) is 1. The van der Waals surface area contributed by atoms with E-state index in [4.69, 9.17) is 9.47 Å². The molecule has 0 saturated carbocycles. The van der Waals surface area contributed by atoms with Crippen LogP contribution in [0, 0.1) is 0 Å². The topological polar surface area (TPSA) is 108 Å². The first-order valence-electron chi connectivity index (χ1n) is 8.78. The lowest BCUT2D eigenvalue weighted by atomic mass is 9.77. The lowest BCUT2D eigenvalue weighted by molar-refractivity contribution is 0.0572. The molecule has 2 rings (SSSR count). The number of hydrogen-bond donors (Lipinski definition) is 3. The van der Waals surface area contributed by atoms with E-state index >= 15 is 0 Å². The highest BCUT2D eigenvalue weighted by atomic mass is 16.6. The molecule has 0 saturated heterocycles. The number of anilines is 2. The smallest absolute Gasteiger partial charge is 0.444 e. The highest BCUT2D eigenvalue weighted by Gasteiger charge is 2.42. The van der Waals surface area contributed by atoms with Gasteiger partial charge in [-0.15, -0.1) is 0 Å². The van der Waals surface area contributed by atoms with Gasteiger partial charge in [-0.2, -0.15) is 0 Å². The van der Waals surface area contributed by atoms with E-state index in [1.54, 1.807) is 59.7 Å². The van der Waals surface area contributed by atoms with Crippen LogP contribution < -0.4 is 10.2 Å². The number of rotatable bonds is 2. The third-order valence-corrected chi connectivity index (χ3v) is 3.68. The van der Waals surface area contributed by atoms with Crippen molar-refractivity contribution in [2.24, 2.45) is 0 Å². The second-order valence-electron chi connectivity index (χ2n) is 8.51. The quantitative estimate of drug-likeness (QED) is 0.683. The number of carbonyl (C=O) groups is 2. The molecule has 1 aliphatic rings. The molecule has 1 heterocycles. The minimum Gasteiger partial charge on any atom is -0.444 e. The Hall–Kier alpha value is -2.26. The predicted molar refractivity (Wildman–Crippen MR) is 103 cm³/mol. The molecule has 0 radical (unpaired) electrons. The fraction of sp³-hybridized carbons (Fsp3) is 0.556. The molecule has 148 valence electrons. The second kappa shape index (κ2) is 7.40. The molecule has 3 N–H and O–H groups in total. The van der Waals surface area contributed by atoms with Gasteiger partial charge in [0.05, 0.1) is 11.6 Å². The number of hydrogen-bond acceptors (Lipinski definition) is 6. The van der Waals surface area contributed by atoms with E-state index in [1.165, 1.54) is 4.90 Å². The molecule has 27 heavy (non-hydrogen) atoms. The molecule has 1 aliphatic heterocycles. The number of fused-ring (bicyclic) bond motifs is 1. The van der Waals surface area contributed by atoms with E-state index in [0.29, 0.717) is 16.9 Å². The Kier molecular flexibility index (Phi) is 5.77. The van der Waals surface area contributed by atoms with Gasteiger partial charge in [0.1, 0.15) is 11.2 Å². The van der Waals surface area contributed by atoms with Crippen LogP contribution in [0.4, 0.5) is 21.0 Å². The zero-order valence-corrected chi connectivity index (χ0v) is 16.6. The number of benzene rings is 1. The molecule has 9 heteroatoms. The molecule has 0 fully saturated rings. The van der Waals surface area contributed by atoms with Crippen LogP contribution in [-0.2, 0) is 15.9 Å². The van der Waals surface area contributed by atoms with Crippen LogP contribution in [0.1, 0.15) is 47.1 Å². The number of nitrogens with one attached hydrogen (secondary N) is 1. The average Bonchev–Trinajstić information content (AvgIpc) is 2.82. The minimum absolute atomic E-state index is 0.218. The van der Waals surface area contributed by atoms with Gasteiger partial charge in [-0.25, -0.2) is 9.59 Å². The number of amides is 2. The van der Waals surface area contributed by atoms with E-state index in [2.05, 4.69) is 5.32 Å². The SMILES string of the molecule is CC(C)(C)OC(=O)Nc1ccc2c(c1)CC(B(O)O)N2C(=O)OC(C)(C)C. The van der Waals surface area contributed by atoms with E-state index in [9.17, 15) is 19.6 Å². The van der Waals surface area contributed by atoms with Crippen molar-refractivity contribution in [1.82, 2.24) is 0 Å². The van der Waals surface area contributed by atoms with Crippen molar-refractivity contribution in [3.05, 3.63) is 23.8 Å². The van der Waals surface area contributed by atoms with Gasteiger partial charge in [0, 0.05) is 5.69 Å². The summed E-state index contributed by atoms with van der Waals surface area (Å²) in [6.07, 6.45) is -1.04. The fourth-order valence-corrected chi connectivity index (χ4v) is 2.76. The Labute approximate surface area is 159 Å². The monoisotopic (exact) mass is 378 g/mol. The maximum Gasteiger partial charge on any atom is 0.476 e. The summed E-state index contributed by atoms with van der Waals surface area (Å²) < 4.78 is 10.6. The van der Waals surface area contributed by atoms with Crippen molar-refractivity contribution in [2.45, 2.75) is 65.1 Å². The standard InChI is InChI=1S/C18H27BN2O6/c1-17(2,3)26-15(22)20-12-7-8-13-11(9-12)10-14(19(24)25)21(13)16(23)27-18(4,5)6/h7-9,14,24-25H,10H2,1-6H3,(H,20,22). The molecule has 8 nitrogen and oxygen atoms in total. The minimum atomic E-state index is -1.73. The van der Waals surface area contributed by atoms with Crippen molar-refractivity contribution >= 4 is 30.7 Å². The van der Waals surface area contributed by atoms with Crippen molar-refractivity contribution in [2.75, 3.05) is 10.2 Å². The van der Waals surface area contributed by atoms with Crippen LogP contribution >= 0.6 is 0 Å². The van der Waals surface area contributed by atoms with Gasteiger partial charge in [-0.3, -0.25) is 10.2 Å². The van der Waals surface area contributed by atoms with Crippen molar-refractivity contribution in [3.63, 3.8) is 0 Å². The zero-order valence-electron chi connectivity index (χ0n) is 16.6. The average molecular weight is 378 g/mol. The summed E-state index contributed by atoms with van der Waals surface area (Å²) in [5.74, 6) is -0.869. The van der Waals surface area contributed by atoms with Gasteiger partial charge in [-0.05, 0) is 71.7 Å². The van der Waals surface area contributed by atoms with Gasteiger partial charge in [0.2, 0.25) is 0 Å². The van der Waals surface area contributed by atoms with Crippen molar-refractivity contribution < 1.29 is 29.1 Å². The summed E-state index contributed by atoms with van der Waals surface area (Å²) in [5.41, 5.74) is 0.341. The Balaban J connectivity index is 2.25. The van der Waals surface area contributed by atoms with Gasteiger partial charge in [0.25, 0.3) is 0 Å². The molecule has 0 aromatic heterocycles. The van der Waals surface area contributed by atoms with E-state index < -0.39 is 36.4 Å². The third-order valence-electron chi connectivity index (χ3n) is 3.68. The lowest BCUT2D eigenvalue weighted by Gasteiger charge is -2.28. The number of ether oxygens (including phenoxy) is 2. The molecular weight excluding hydrogens is 351 g/mol. The predicted octanol–water partition coefficient (Wildman–Crippen LogP) is 2.71. The van der Waals surface area contributed by atoms with Gasteiger partial charge in [0.15, 0.2) is 0 Å². The normalized spacial score (nSPS) is 16.6. The third kappa shape index (κ3) is 5.61. The Morgan fingerprint density at radius 2 is 1.70 bits per heavy atom. The second-order valence-corrected chi connectivity index (χ2v) is 8.51. The van der Waals surface area contributed by atoms with Crippen LogP contribution in [0.5, 0.6) is 0 Å². The van der Waals surface area contributed by atoms with Crippen molar-refractivity contribution in [3.8, 4) is 0 Å². The summed E-state index contributed by atoms with van der Waals surface area (Å²) in [6.45, 7) is 10.5. The molecule has 1 atom stereocenters. The van der Waals surface area contributed by atoms with E-state index in [0.717, 1.165) is 0 Å². The lowest BCUT2D eigenvalue weighted by Crippen LogP contribution is -2.49. The fourth-order valence-electron chi connectivity index (χ4n) is 2.76. The molecule has 1 aromatic carbocycles. The van der Waals surface area contributed by atoms with Crippen LogP contribution in [0.3, 0.4) is 0 Å². The Bertz CT molecular complexity index is 724. The summed E-state index contributed by atoms with van der Waals surface area (Å²) in [7, 11) is -1.73. The molecule has 1 aromatic rings. The Morgan fingerprint density at radius 1 is 1.11 bits per heavy atom. The summed E-state index contributed by atoms with van der Waals surface area (Å²) in [4.78, 5) is 25.7. The van der Waals surface area contributed by atoms with E-state index in [-0.39, 0.29) is 6.42 Å². The molecule has 2 amide bonds. The maximum absolute atomic E-state index is 12.5. The zero-order chi connectivity index (χ0) is 20.6. The summed E-state index contributed by atoms with van der Waals surface area (Å²) in [5, 5.41) is 22.0. The van der Waals surface area contributed by atoms with Crippen LogP contribution in [0.15, 0.2) is 18.2 Å². The van der Waals surface area contributed by atoms with E-state index in [1.807, 2.05) is 0 Å². The highest BCUT2D eigenvalue weighted by molar-refractivity contribution is 6.45.